The molecule has 1 N–H and O–H groups in total. The van der Waals surface area contributed by atoms with E-state index in [9.17, 15) is 0 Å². The van der Waals surface area contributed by atoms with Gasteiger partial charge in [-0.2, -0.15) is 0 Å². The quantitative estimate of drug-likeness (QED) is 0.756. The van der Waals surface area contributed by atoms with Crippen molar-refractivity contribution in [3.05, 3.63) is 11.5 Å². The normalized spacial score (nSPS) is 29.8. The highest BCUT2D eigenvalue weighted by Gasteiger charge is 2.44. The third-order valence-electron chi connectivity index (χ3n) is 4.36. The fraction of sp³-hybridized carbons (Fsp3) is 0.692. The number of aliphatic imine (C=N–C) groups is 1. The average Bonchev–Trinajstić information content (AvgIpc) is 2.89. The number of aromatic amines is 1. The number of guanidine groups is 1. The van der Waals surface area contributed by atoms with Gasteiger partial charge in [0.15, 0.2) is 5.82 Å². The zero-order valence-corrected chi connectivity index (χ0v) is 11.0. The molecule has 1 aliphatic carbocycles. The molecule has 1 aromatic heterocycles. The Labute approximate surface area is 107 Å². The smallest absolute Gasteiger partial charge is 0.203 e. The third kappa shape index (κ3) is 1.27. The molecule has 0 saturated heterocycles. The van der Waals surface area contributed by atoms with Crippen molar-refractivity contribution in [2.45, 2.75) is 51.2 Å². The highest BCUT2D eigenvalue weighted by molar-refractivity contribution is 5.99. The second-order valence-electron chi connectivity index (χ2n) is 5.70. The first kappa shape index (κ1) is 10.4. The van der Waals surface area contributed by atoms with Crippen LogP contribution in [-0.4, -0.2) is 40.0 Å². The summed E-state index contributed by atoms with van der Waals surface area (Å²) in [4.78, 5) is 17.6. The molecule has 2 atom stereocenters. The number of nitrogens with zero attached hydrogens (tertiary/aromatic N) is 4. The summed E-state index contributed by atoms with van der Waals surface area (Å²) in [5.74, 6) is 3.26. The van der Waals surface area contributed by atoms with Crippen molar-refractivity contribution in [3.8, 4) is 0 Å². The molecule has 1 saturated carbocycles. The van der Waals surface area contributed by atoms with Crippen molar-refractivity contribution in [1.29, 1.82) is 0 Å². The Kier molecular flexibility index (Phi) is 2.02. The van der Waals surface area contributed by atoms with Crippen LogP contribution in [-0.2, 0) is 6.54 Å². The highest BCUT2D eigenvalue weighted by Crippen LogP contribution is 2.38. The fourth-order valence-electron chi connectivity index (χ4n) is 3.58. The number of fused-ring (bicyclic) bond motifs is 5. The van der Waals surface area contributed by atoms with E-state index in [-0.39, 0.29) is 0 Å². The molecule has 3 aliphatic rings. The molecule has 0 bridgehead atoms. The Morgan fingerprint density at radius 1 is 1.28 bits per heavy atom. The van der Waals surface area contributed by atoms with Crippen LogP contribution in [0.4, 0.5) is 5.82 Å². The maximum Gasteiger partial charge on any atom is 0.203 e. The second kappa shape index (κ2) is 3.49. The molecule has 0 aromatic carbocycles. The number of nitrogens with one attached hydrogen (secondary N) is 1. The van der Waals surface area contributed by atoms with E-state index in [0.717, 1.165) is 24.1 Å². The predicted molar refractivity (Wildman–Crippen MR) is 70.7 cm³/mol. The maximum absolute atomic E-state index is 4.94. The van der Waals surface area contributed by atoms with E-state index in [1.165, 1.54) is 31.4 Å². The van der Waals surface area contributed by atoms with Gasteiger partial charge in [0.25, 0.3) is 0 Å². The zero-order chi connectivity index (χ0) is 12.3. The van der Waals surface area contributed by atoms with Crippen molar-refractivity contribution in [1.82, 2.24) is 14.9 Å². The molecule has 18 heavy (non-hydrogen) atoms. The van der Waals surface area contributed by atoms with Crippen LogP contribution in [0.25, 0.3) is 0 Å². The Hall–Kier alpha value is -1.52. The monoisotopic (exact) mass is 245 g/mol. The van der Waals surface area contributed by atoms with Gasteiger partial charge < -0.3 is 9.88 Å². The van der Waals surface area contributed by atoms with Gasteiger partial charge in [0.05, 0.1) is 24.3 Å². The van der Waals surface area contributed by atoms with Gasteiger partial charge >= 0.3 is 0 Å². The van der Waals surface area contributed by atoms with Gasteiger partial charge in [-0.05, 0) is 19.8 Å². The Morgan fingerprint density at radius 2 is 2.11 bits per heavy atom. The van der Waals surface area contributed by atoms with Crippen molar-refractivity contribution in [2.24, 2.45) is 4.99 Å². The van der Waals surface area contributed by atoms with E-state index in [2.05, 4.69) is 26.8 Å². The summed E-state index contributed by atoms with van der Waals surface area (Å²) in [6.45, 7) is 2.93. The summed E-state index contributed by atoms with van der Waals surface area (Å²) in [6, 6.07) is 1.03. The average molecular weight is 245 g/mol. The third-order valence-corrected chi connectivity index (χ3v) is 4.36. The van der Waals surface area contributed by atoms with Gasteiger partial charge in [-0.15, -0.1) is 0 Å². The lowest BCUT2D eigenvalue weighted by Crippen LogP contribution is -2.49. The van der Waals surface area contributed by atoms with Crippen LogP contribution < -0.4 is 4.90 Å². The fourth-order valence-corrected chi connectivity index (χ4v) is 3.58. The first-order valence-electron chi connectivity index (χ1n) is 6.87. The Balaban J connectivity index is 1.82. The SMILES string of the molecule is Cc1nc2c([nH]1)CN(C)C1=N[C@@H]3CCCC[C@@H]3N12. The number of H-pyrrole nitrogens is 1. The standard InChI is InChI=1S/C13H19N5/c1-8-14-10-7-17(2)13-16-9-5-3-4-6-11(9)18(13)12(10)15-8/h9,11H,3-7H2,1-2H3,(H,14,15)/t9-,11+/m1/s1. The van der Waals surface area contributed by atoms with Crippen molar-refractivity contribution in [3.63, 3.8) is 0 Å². The predicted octanol–water partition coefficient (Wildman–Crippen LogP) is 1.65. The van der Waals surface area contributed by atoms with E-state index in [1.54, 1.807) is 0 Å². The van der Waals surface area contributed by atoms with E-state index in [0.29, 0.717) is 12.1 Å². The topological polar surface area (TPSA) is 47.5 Å². The summed E-state index contributed by atoms with van der Waals surface area (Å²) in [5.41, 5.74) is 1.24. The van der Waals surface area contributed by atoms with E-state index >= 15 is 0 Å². The van der Waals surface area contributed by atoms with Gasteiger partial charge in [-0.1, -0.05) is 12.8 Å². The van der Waals surface area contributed by atoms with Crippen LogP contribution in [0.1, 0.15) is 37.2 Å². The van der Waals surface area contributed by atoms with Crippen LogP contribution in [0, 0.1) is 6.92 Å². The molecule has 4 rings (SSSR count). The summed E-state index contributed by atoms with van der Waals surface area (Å²) in [6.07, 6.45) is 5.12. The van der Waals surface area contributed by atoms with Crippen LogP contribution >= 0.6 is 0 Å². The van der Waals surface area contributed by atoms with Gasteiger partial charge in [0, 0.05) is 7.05 Å². The highest BCUT2D eigenvalue weighted by atomic mass is 15.5. The number of hydrogen-bond acceptors (Lipinski definition) is 4. The molecule has 0 radical (unpaired) electrons. The lowest BCUT2D eigenvalue weighted by Gasteiger charge is -2.37. The molecule has 5 heteroatoms. The van der Waals surface area contributed by atoms with Crippen LogP contribution in [0.3, 0.4) is 0 Å². The summed E-state index contributed by atoms with van der Waals surface area (Å²) in [5, 5.41) is 0. The minimum absolute atomic E-state index is 0.485. The lowest BCUT2D eigenvalue weighted by molar-refractivity contribution is 0.398. The van der Waals surface area contributed by atoms with E-state index < -0.39 is 0 Å². The number of rotatable bonds is 0. The summed E-state index contributed by atoms with van der Waals surface area (Å²) >= 11 is 0. The van der Waals surface area contributed by atoms with E-state index in [1.807, 2.05) is 6.92 Å². The van der Waals surface area contributed by atoms with Crippen molar-refractivity contribution < 1.29 is 0 Å². The molecule has 0 spiro atoms. The molecule has 1 aromatic rings. The number of anilines is 1. The molecule has 2 aliphatic heterocycles. The number of aryl methyl sites for hydroxylation is 1. The number of hydrogen-bond donors (Lipinski definition) is 1. The minimum Gasteiger partial charge on any atom is -0.343 e. The van der Waals surface area contributed by atoms with Crippen molar-refractivity contribution >= 4 is 11.8 Å². The summed E-state index contributed by atoms with van der Waals surface area (Å²) < 4.78 is 0. The van der Waals surface area contributed by atoms with Gasteiger partial charge in [0.1, 0.15) is 5.82 Å². The molecule has 0 amide bonds. The zero-order valence-electron chi connectivity index (χ0n) is 11.0. The largest absolute Gasteiger partial charge is 0.343 e. The molecule has 96 valence electrons. The molecule has 1 fully saturated rings. The molecular weight excluding hydrogens is 226 g/mol. The Bertz CT molecular complexity index is 517. The molecule has 3 heterocycles. The first-order valence-corrected chi connectivity index (χ1v) is 6.87. The van der Waals surface area contributed by atoms with Crippen molar-refractivity contribution in [2.75, 3.05) is 11.9 Å². The number of imidazole rings is 1. The summed E-state index contributed by atoms with van der Waals surface area (Å²) in [7, 11) is 2.13. The second-order valence-corrected chi connectivity index (χ2v) is 5.70. The number of aromatic nitrogens is 2. The first-order chi connectivity index (χ1) is 8.74. The van der Waals surface area contributed by atoms with Gasteiger partial charge in [0.2, 0.25) is 5.96 Å². The minimum atomic E-state index is 0.485. The van der Waals surface area contributed by atoms with Gasteiger partial charge in [-0.25, -0.2) is 9.98 Å². The Morgan fingerprint density at radius 3 is 3.00 bits per heavy atom. The maximum atomic E-state index is 4.94. The van der Waals surface area contributed by atoms with Crippen LogP contribution in [0.2, 0.25) is 0 Å². The molecular formula is C13H19N5. The molecule has 0 unspecified atom stereocenters. The van der Waals surface area contributed by atoms with E-state index in [4.69, 9.17) is 4.99 Å². The molecule has 5 nitrogen and oxygen atoms in total. The van der Waals surface area contributed by atoms with Gasteiger partial charge in [-0.3, -0.25) is 4.90 Å². The lowest BCUT2D eigenvalue weighted by atomic mass is 9.91. The van der Waals surface area contributed by atoms with Crippen LogP contribution in [0.5, 0.6) is 0 Å². The van der Waals surface area contributed by atoms with Crippen LogP contribution in [0.15, 0.2) is 4.99 Å².